The van der Waals surface area contributed by atoms with E-state index in [0.717, 1.165) is 0 Å². The number of β-amino-alcohol motifs (C(OH)–C–C–N with tert-alkyl or cyclic N) is 1. The number of hydrogen-bond acceptors (Lipinski definition) is 6. The number of carbonyl (C=O) groups excluding carboxylic acids is 3. The summed E-state index contributed by atoms with van der Waals surface area (Å²) in [6, 6.07) is 0. The highest BCUT2D eigenvalue weighted by Gasteiger charge is 2.32. The summed E-state index contributed by atoms with van der Waals surface area (Å²) >= 11 is 0. The summed E-state index contributed by atoms with van der Waals surface area (Å²) in [5.74, 6) is -0.989. The largest absolute Gasteiger partial charge is 0.450 e. The summed E-state index contributed by atoms with van der Waals surface area (Å²) < 4.78 is 4.94. The van der Waals surface area contributed by atoms with Gasteiger partial charge in [0, 0.05) is 58.9 Å². The normalized spacial score (nSPS) is 19.3. The SMILES string of the molecule is CCOC(=O)N1CCN(C(=O)C(=O)N2CCN(CCO)CC2)CC1. The van der Waals surface area contributed by atoms with E-state index in [0.29, 0.717) is 65.5 Å². The molecule has 2 saturated heterocycles. The lowest BCUT2D eigenvalue weighted by Crippen LogP contribution is -2.57. The molecule has 1 N–H and O–H groups in total. The van der Waals surface area contributed by atoms with Crippen LogP contribution >= 0.6 is 0 Å². The lowest BCUT2D eigenvalue weighted by molar-refractivity contribution is -0.153. The molecule has 2 heterocycles. The van der Waals surface area contributed by atoms with E-state index < -0.39 is 11.8 Å². The van der Waals surface area contributed by atoms with Crippen molar-refractivity contribution in [2.75, 3.05) is 72.1 Å². The van der Waals surface area contributed by atoms with Crippen LogP contribution < -0.4 is 0 Å². The Morgan fingerprint density at radius 1 is 0.833 bits per heavy atom. The van der Waals surface area contributed by atoms with Crippen LogP contribution in [0.3, 0.4) is 0 Å². The average Bonchev–Trinajstić information content (AvgIpc) is 2.62. The van der Waals surface area contributed by atoms with Crippen LogP contribution in [0, 0.1) is 0 Å². The van der Waals surface area contributed by atoms with Crippen LogP contribution in [-0.4, -0.2) is 115 Å². The molecule has 2 fully saturated rings. The zero-order valence-electron chi connectivity index (χ0n) is 14.1. The molecule has 2 aliphatic heterocycles. The minimum Gasteiger partial charge on any atom is -0.450 e. The first-order valence-corrected chi connectivity index (χ1v) is 8.40. The van der Waals surface area contributed by atoms with Crippen molar-refractivity contribution in [1.82, 2.24) is 19.6 Å². The molecule has 0 aromatic heterocycles. The van der Waals surface area contributed by atoms with E-state index in [1.54, 1.807) is 16.7 Å². The third kappa shape index (κ3) is 4.57. The van der Waals surface area contributed by atoms with Gasteiger partial charge < -0.3 is 24.5 Å². The maximum atomic E-state index is 12.4. The Labute approximate surface area is 141 Å². The Morgan fingerprint density at radius 2 is 1.29 bits per heavy atom. The predicted molar refractivity (Wildman–Crippen MR) is 85.3 cm³/mol. The van der Waals surface area contributed by atoms with Crippen molar-refractivity contribution >= 4 is 17.9 Å². The van der Waals surface area contributed by atoms with Crippen molar-refractivity contribution in [3.63, 3.8) is 0 Å². The highest BCUT2D eigenvalue weighted by molar-refractivity contribution is 6.34. The Morgan fingerprint density at radius 3 is 1.75 bits per heavy atom. The van der Waals surface area contributed by atoms with E-state index in [4.69, 9.17) is 9.84 Å². The van der Waals surface area contributed by atoms with Gasteiger partial charge >= 0.3 is 17.9 Å². The molecule has 0 aromatic rings. The number of aliphatic hydroxyl groups is 1. The average molecular weight is 342 g/mol. The number of hydrogen-bond donors (Lipinski definition) is 1. The summed E-state index contributed by atoms with van der Waals surface area (Å²) in [6.07, 6.45) is -0.379. The zero-order valence-corrected chi connectivity index (χ0v) is 14.1. The van der Waals surface area contributed by atoms with Crippen molar-refractivity contribution in [3.8, 4) is 0 Å². The number of amides is 3. The van der Waals surface area contributed by atoms with Crippen molar-refractivity contribution in [1.29, 1.82) is 0 Å². The Bertz CT molecular complexity index is 457. The maximum Gasteiger partial charge on any atom is 0.409 e. The second kappa shape index (κ2) is 8.84. The number of aliphatic hydroxyl groups excluding tert-OH is 1. The first-order chi connectivity index (χ1) is 11.6. The molecular formula is C15H26N4O5. The minimum absolute atomic E-state index is 0.0949. The van der Waals surface area contributed by atoms with Gasteiger partial charge in [-0.25, -0.2) is 4.79 Å². The number of piperazine rings is 2. The third-order valence-corrected chi connectivity index (χ3v) is 4.35. The molecule has 0 bridgehead atoms. The van der Waals surface area contributed by atoms with Crippen LogP contribution in [0.25, 0.3) is 0 Å². The van der Waals surface area contributed by atoms with Crippen molar-refractivity contribution in [2.24, 2.45) is 0 Å². The van der Waals surface area contributed by atoms with E-state index >= 15 is 0 Å². The van der Waals surface area contributed by atoms with Gasteiger partial charge in [0.2, 0.25) is 0 Å². The summed E-state index contributed by atoms with van der Waals surface area (Å²) in [5.41, 5.74) is 0. The van der Waals surface area contributed by atoms with Crippen molar-refractivity contribution in [3.05, 3.63) is 0 Å². The second-order valence-electron chi connectivity index (χ2n) is 5.84. The molecule has 0 aliphatic carbocycles. The third-order valence-electron chi connectivity index (χ3n) is 4.35. The zero-order chi connectivity index (χ0) is 17.5. The molecular weight excluding hydrogens is 316 g/mol. The second-order valence-corrected chi connectivity index (χ2v) is 5.84. The number of ether oxygens (including phenoxy) is 1. The molecule has 9 nitrogen and oxygen atoms in total. The fraction of sp³-hybridized carbons (Fsp3) is 0.800. The van der Waals surface area contributed by atoms with E-state index in [-0.39, 0.29) is 12.7 Å². The Balaban J connectivity index is 1.78. The van der Waals surface area contributed by atoms with Gasteiger partial charge in [0.15, 0.2) is 0 Å². The molecule has 0 unspecified atom stereocenters. The van der Waals surface area contributed by atoms with Gasteiger partial charge in [-0.1, -0.05) is 0 Å². The molecule has 0 aromatic carbocycles. The lowest BCUT2D eigenvalue weighted by Gasteiger charge is -2.37. The minimum atomic E-state index is -0.505. The summed E-state index contributed by atoms with van der Waals surface area (Å²) in [6.45, 7) is 6.50. The topological polar surface area (TPSA) is 93.6 Å². The monoisotopic (exact) mass is 342 g/mol. The first kappa shape index (κ1) is 18.5. The molecule has 0 spiro atoms. The molecule has 136 valence electrons. The summed E-state index contributed by atoms with van der Waals surface area (Å²) in [7, 11) is 0. The summed E-state index contributed by atoms with van der Waals surface area (Å²) in [5, 5.41) is 8.93. The Kier molecular flexibility index (Phi) is 6.80. The van der Waals surface area contributed by atoms with Gasteiger partial charge in [-0.2, -0.15) is 0 Å². The van der Waals surface area contributed by atoms with Crippen LogP contribution in [0.2, 0.25) is 0 Å². The molecule has 2 aliphatic rings. The number of carbonyl (C=O) groups is 3. The van der Waals surface area contributed by atoms with Crippen LogP contribution in [-0.2, 0) is 14.3 Å². The number of rotatable bonds is 3. The van der Waals surface area contributed by atoms with Crippen LogP contribution in [0.5, 0.6) is 0 Å². The van der Waals surface area contributed by atoms with Crippen molar-refractivity contribution < 1.29 is 24.2 Å². The lowest BCUT2D eigenvalue weighted by atomic mass is 10.2. The van der Waals surface area contributed by atoms with Gasteiger partial charge in [0.05, 0.1) is 13.2 Å². The van der Waals surface area contributed by atoms with Gasteiger partial charge in [0.1, 0.15) is 0 Å². The van der Waals surface area contributed by atoms with E-state index in [1.807, 2.05) is 0 Å². The first-order valence-electron chi connectivity index (χ1n) is 8.40. The van der Waals surface area contributed by atoms with Crippen LogP contribution in [0.4, 0.5) is 4.79 Å². The highest BCUT2D eigenvalue weighted by Crippen LogP contribution is 2.08. The van der Waals surface area contributed by atoms with E-state index in [1.165, 1.54) is 4.90 Å². The molecule has 3 amide bonds. The molecule has 2 rings (SSSR count). The molecule has 0 saturated carbocycles. The number of nitrogens with zero attached hydrogens (tertiary/aromatic N) is 4. The predicted octanol–water partition coefficient (Wildman–Crippen LogP) is -1.58. The van der Waals surface area contributed by atoms with E-state index in [9.17, 15) is 14.4 Å². The van der Waals surface area contributed by atoms with Gasteiger partial charge in [-0.3, -0.25) is 14.5 Å². The highest BCUT2D eigenvalue weighted by atomic mass is 16.6. The van der Waals surface area contributed by atoms with E-state index in [2.05, 4.69) is 4.90 Å². The molecule has 0 radical (unpaired) electrons. The maximum absolute atomic E-state index is 12.4. The quantitative estimate of drug-likeness (QED) is 0.623. The molecule has 24 heavy (non-hydrogen) atoms. The fourth-order valence-electron chi connectivity index (χ4n) is 2.89. The van der Waals surface area contributed by atoms with Crippen LogP contribution in [0.15, 0.2) is 0 Å². The molecule has 9 heteroatoms. The van der Waals surface area contributed by atoms with Gasteiger partial charge in [-0.05, 0) is 6.92 Å². The Hall–Kier alpha value is -1.87. The van der Waals surface area contributed by atoms with Gasteiger partial charge in [0.25, 0.3) is 0 Å². The molecule has 0 atom stereocenters. The van der Waals surface area contributed by atoms with Gasteiger partial charge in [-0.15, -0.1) is 0 Å². The summed E-state index contributed by atoms with van der Waals surface area (Å²) in [4.78, 5) is 43.0. The standard InChI is InChI=1S/C15H26N4O5/c1-2-24-15(23)19-9-7-18(8-10-19)14(22)13(21)17-5-3-16(4-6-17)11-12-20/h20H,2-12H2,1H3. The smallest absolute Gasteiger partial charge is 0.409 e. The van der Waals surface area contributed by atoms with Crippen LogP contribution in [0.1, 0.15) is 6.92 Å². The van der Waals surface area contributed by atoms with Crippen molar-refractivity contribution in [2.45, 2.75) is 6.92 Å². The fourth-order valence-corrected chi connectivity index (χ4v) is 2.89.